The summed E-state index contributed by atoms with van der Waals surface area (Å²) in [6, 6.07) is 15.5. The highest BCUT2D eigenvalue weighted by Crippen LogP contribution is 2.28. The Balaban J connectivity index is 1.48. The van der Waals surface area contributed by atoms with Gasteiger partial charge in [0.1, 0.15) is 10.8 Å². The molecule has 0 spiro atoms. The number of para-hydroxylation sites is 1. The summed E-state index contributed by atoms with van der Waals surface area (Å²) < 4.78 is 17.0. The van der Waals surface area contributed by atoms with Crippen molar-refractivity contribution in [2.45, 2.75) is 26.9 Å². The maximum absolute atomic E-state index is 13.5. The van der Waals surface area contributed by atoms with Gasteiger partial charge in [-0.3, -0.25) is 14.2 Å². The predicted molar refractivity (Wildman–Crippen MR) is 134 cm³/mol. The van der Waals surface area contributed by atoms with Gasteiger partial charge in [-0.1, -0.05) is 41.9 Å². The van der Waals surface area contributed by atoms with E-state index in [-0.39, 0.29) is 22.6 Å². The van der Waals surface area contributed by atoms with E-state index in [0.29, 0.717) is 28.7 Å². The Kier molecular flexibility index (Phi) is 6.05. The van der Waals surface area contributed by atoms with E-state index in [2.05, 4.69) is 15.5 Å². The number of anilines is 1. The number of halogens is 2. The molecule has 2 aromatic carbocycles. The summed E-state index contributed by atoms with van der Waals surface area (Å²) in [6.45, 7) is 5.06. The van der Waals surface area contributed by atoms with Crippen LogP contribution in [0.3, 0.4) is 0 Å². The molecule has 3 aromatic heterocycles. The van der Waals surface area contributed by atoms with E-state index in [1.54, 1.807) is 35.3 Å². The van der Waals surface area contributed by atoms with E-state index in [4.69, 9.17) is 16.6 Å². The summed E-state index contributed by atoms with van der Waals surface area (Å²) in [5.74, 6) is -0.455. The van der Waals surface area contributed by atoms with Crippen LogP contribution in [0.1, 0.15) is 28.5 Å². The molecule has 0 bridgehead atoms. The molecular weight excluding hydrogens is 467 g/mol. The Morgan fingerprint density at radius 2 is 1.97 bits per heavy atom. The van der Waals surface area contributed by atoms with Crippen molar-refractivity contribution in [2.24, 2.45) is 0 Å². The number of nitrogens with zero attached hydrogens (tertiary/aromatic N) is 5. The Bertz CT molecular complexity index is 1560. The molecule has 0 aliphatic heterocycles. The number of rotatable bonds is 6. The van der Waals surface area contributed by atoms with Crippen molar-refractivity contribution >= 4 is 34.2 Å². The zero-order chi connectivity index (χ0) is 24.5. The molecule has 7 nitrogen and oxygen atoms in total. The first kappa shape index (κ1) is 22.7. The molecule has 0 aliphatic rings. The van der Waals surface area contributed by atoms with Crippen LogP contribution in [0.25, 0.3) is 22.2 Å². The number of fused-ring (bicyclic) bond motifs is 1. The van der Waals surface area contributed by atoms with Crippen LogP contribution in [0.4, 0.5) is 10.2 Å². The molecule has 9 heteroatoms. The fourth-order valence-corrected chi connectivity index (χ4v) is 4.28. The zero-order valence-electron chi connectivity index (χ0n) is 19.2. The summed E-state index contributed by atoms with van der Waals surface area (Å²) in [5, 5.41) is 12.6. The average Bonchev–Trinajstić information content (AvgIpc) is 3.39. The summed E-state index contributed by atoms with van der Waals surface area (Å²) >= 11 is 6.36. The van der Waals surface area contributed by atoms with Gasteiger partial charge in [0.25, 0.3) is 5.91 Å². The van der Waals surface area contributed by atoms with Gasteiger partial charge < -0.3 is 5.32 Å². The van der Waals surface area contributed by atoms with Gasteiger partial charge in [0.15, 0.2) is 5.82 Å². The monoisotopic (exact) mass is 488 g/mol. The number of hydrogen-bond acceptors (Lipinski definition) is 4. The van der Waals surface area contributed by atoms with E-state index < -0.39 is 0 Å². The molecule has 5 aromatic rings. The largest absolute Gasteiger partial charge is 0.304 e. The Morgan fingerprint density at radius 1 is 1.14 bits per heavy atom. The Morgan fingerprint density at radius 3 is 2.74 bits per heavy atom. The number of carbonyl (C=O) groups excluding carboxylic acids is 1. The number of amides is 1. The van der Waals surface area contributed by atoms with Crippen LogP contribution >= 0.6 is 11.6 Å². The van der Waals surface area contributed by atoms with Crippen molar-refractivity contribution in [1.29, 1.82) is 0 Å². The van der Waals surface area contributed by atoms with Crippen molar-refractivity contribution in [3.63, 3.8) is 0 Å². The summed E-state index contributed by atoms with van der Waals surface area (Å²) in [5.41, 5.74) is 4.37. The second-order valence-electron chi connectivity index (χ2n) is 8.14. The van der Waals surface area contributed by atoms with Crippen LogP contribution in [-0.4, -0.2) is 30.5 Å². The number of aryl methyl sites for hydroxylation is 1. The lowest BCUT2D eigenvalue weighted by Gasteiger charge is -2.10. The van der Waals surface area contributed by atoms with Crippen molar-refractivity contribution in [3.05, 3.63) is 94.7 Å². The first-order valence-corrected chi connectivity index (χ1v) is 11.5. The topological polar surface area (TPSA) is 77.6 Å². The lowest BCUT2D eigenvalue weighted by molar-refractivity contribution is 0.102. The van der Waals surface area contributed by atoms with E-state index in [1.165, 1.54) is 12.1 Å². The van der Waals surface area contributed by atoms with Gasteiger partial charge in [-0.2, -0.15) is 10.2 Å². The maximum Gasteiger partial charge on any atom is 0.257 e. The molecule has 1 N–H and O–H groups in total. The van der Waals surface area contributed by atoms with Gasteiger partial charge in [0, 0.05) is 29.4 Å². The molecule has 0 saturated heterocycles. The second-order valence-corrected chi connectivity index (χ2v) is 8.55. The van der Waals surface area contributed by atoms with Gasteiger partial charge in [-0.15, -0.1) is 0 Å². The minimum Gasteiger partial charge on any atom is -0.304 e. The van der Waals surface area contributed by atoms with Crippen molar-refractivity contribution in [3.8, 4) is 11.3 Å². The van der Waals surface area contributed by atoms with Crippen LogP contribution < -0.4 is 5.32 Å². The number of benzene rings is 2. The highest BCUT2D eigenvalue weighted by atomic mass is 35.5. The van der Waals surface area contributed by atoms with E-state index in [9.17, 15) is 9.18 Å². The first-order chi connectivity index (χ1) is 16.9. The zero-order valence-corrected chi connectivity index (χ0v) is 19.9. The summed E-state index contributed by atoms with van der Waals surface area (Å²) in [6.07, 6.45) is 3.36. The van der Waals surface area contributed by atoms with E-state index in [0.717, 1.165) is 23.4 Å². The highest BCUT2D eigenvalue weighted by Gasteiger charge is 2.19. The molecule has 3 heterocycles. The number of carbonyl (C=O) groups is 1. The van der Waals surface area contributed by atoms with Crippen LogP contribution in [0, 0.1) is 12.7 Å². The number of nitrogens with one attached hydrogen (secondary N) is 1. The van der Waals surface area contributed by atoms with Crippen molar-refractivity contribution < 1.29 is 9.18 Å². The van der Waals surface area contributed by atoms with Gasteiger partial charge in [0.2, 0.25) is 0 Å². The normalized spacial score (nSPS) is 11.2. The molecule has 1 amide bonds. The van der Waals surface area contributed by atoms with Gasteiger partial charge in [-0.25, -0.2) is 9.37 Å². The van der Waals surface area contributed by atoms with Gasteiger partial charge in [-0.05, 0) is 43.7 Å². The smallest absolute Gasteiger partial charge is 0.257 e. The van der Waals surface area contributed by atoms with Crippen LogP contribution in [-0.2, 0) is 13.1 Å². The molecule has 0 unspecified atom stereocenters. The molecular formula is C26H22ClFN6O. The van der Waals surface area contributed by atoms with Gasteiger partial charge >= 0.3 is 0 Å². The third kappa shape index (κ3) is 4.52. The predicted octanol–water partition coefficient (Wildman–Crippen LogP) is 5.72. The molecule has 35 heavy (non-hydrogen) atoms. The van der Waals surface area contributed by atoms with E-state index >= 15 is 0 Å². The third-order valence-corrected chi connectivity index (χ3v) is 6.10. The number of pyridine rings is 1. The first-order valence-electron chi connectivity index (χ1n) is 11.1. The molecule has 176 valence electrons. The Hall–Kier alpha value is -4.04. The standard InChI is InChI=1S/C26H22ClFN6O/c1-3-34-16(2)21(13-29-34)24-12-20(19-9-4-5-10-23(19)30-24)26(35)31-25-22(27)15-33(32-25)14-17-7-6-8-18(28)11-17/h4-13,15H,3,14H2,1-2H3,(H,31,32,35). The van der Waals surface area contributed by atoms with Crippen LogP contribution in [0.15, 0.2) is 67.0 Å². The lowest BCUT2D eigenvalue weighted by atomic mass is 10.0. The summed E-state index contributed by atoms with van der Waals surface area (Å²) in [7, 11) is 0. The fraction of sp³-hybridized carbons (Fsp3) is 0.154. The van der Waals surface area contributed by atoms with Crippen LogP contribution in [0.5, 0.6) is 0 Å². The van der Waals surface area contributed by atoms with Crippen molar-refractivity contribution in [2.75, 3.05) is 5.32 Å². The van der Waals surface area contributed by atoms with Crippen LogP contribution in [0.2, 0.25) is 5.02 Å². The van der Waals surface area contributed by atoms with Gasteiger partial charge in [0.05, 0.1) is 29.5 Å². The Labute approximate surface area is 206 Å². The molecule has 0 aliphatic carbocycles. The summed E-state index contributed by atoms with van der Waals surface area (Å²) in [4.78, 5) is 18.2. The second kappa shape index (κ2) is 9.31. The average molecular weight is 489 g/mol. The molecule has 5 rings (SSSR count). The molecule has 0 atom stereocenters. The molecule has 0 fully saturated rings. The minimum absolute atomic E-state index is 0.227. The lowest BCUT2D eigenvalue weighted by Crippen LogP contribution is -2.14. The highest BCUT2D eigenvalue weighted by molar-refractivity contribution is 6.33. The number of hydrogen-bond donors (Lipinski definition) is 1. The number of aromatic nitrogens is 5. The minimum atomic E-state index is -0.358. The maximum atomic E-state index is 13.5. The SMILES string of the molecule is CCn1ncc(-c2cc(C(=O)Nc3nn(Cc4cccc(F)c4)cc3Cl)c3ccccc3n2)c1C. The molecule has 0 radical (unpaired) electrons. The fourth-order valence-electron chi connectivity index (χ4n) is 4.08. The third-order valence-electron chi connectivity index (χ3n) is 5.82. The van der Waals surface area contributed by atoms with E-state index in [1.807, 2.05) is 42.8 Å². The van der Waals surface area contributed by atoms with Crippen molar-refractivity contribution in [1.82, 2.24) is 24.5 Å². The quantitative estimate of drug-likeness (QED) is 0.332. The molecule has 0 saturated carbocycles.